The summed E-state index contributed by atoms with van der Waals surface area (Å²) in [6, 6.07) is 0.456. The highest BCUT2D eigenvalue weighted by molar-refractivity contribution is 8.00. The van der Waals surface area contributed by atoms with Crippen molar-refractivity contribution < 1.29 is 0 Å². The Morgan fingerprint density at radius 3 is 2.12 bits per heavy atom. The highest BCUT2D eigenvalue weighted by Gasteiger charge is 2.23. The summed E-state index contributed by atoms with van der Waals surface area (Å²) in [5, 5.41) is 1.60. The first-order chi connectivity index (χ1) is 8.13. The Hall–Kier alpha value is 0.230. The molecule has 0 spiro atoms. The van der Waals surface area contributed by atoms with Crippen LogP contribution in [0.5, 0.6) is 0 Å². The number of nitrogens with zero attached hydrogens (tertiary/aromatic N) is 2. The van der Waals surface area contributed by atoms with Crippen LogP contribution < -0.4 is 5.73 Å². The maximum atomic E-state index is 5.93. The summed E-state index contributed by atoms with van der Waals surface area (Å²) >= 11 is 2.13. The minimum atomic E-state index is 0.456. The van der Waals surface area contributed by atoms with E-state index in [4.69, 9.17) is 5.73 Å². The topological polar surface area (TPSA) is 32.5 Å². The van der Waals surface area contributed by atoms with Crippen LogP contribution >= 0.6 is 11.8 Å². The van der Waals surface area contributed by atoms with Crippen LogP contribution in [0.4, 0.5) is 0 Å². The summed E-state index contributed by atoms with van der Waals surface area (Å²) in [5.41, 5.74) is 5.93. The van der Waals surface area contributed by atoms with Crippen molar-refractivity contribution in [2.45, 2.75) is 43.2 Å². The first-order valence-corrected chi connectivity index (χ1v) is 7.93. The molecule has 0 aromatic carbocycles. The Kier molecular flexibility index (Phi) is 5.15. The molecule has 2 atom stereocenters. The van der Waals surface area contributed by atoms with Gasteiger partial charge in [0, 0.05) is 42.7 Å². The number of nitrogens with two attached hydrogens (primary N) is 1. The van der Waals surface area contributed by atoms with Crippen molar-refractivity contribution in [1.82, 2.24) is 9.80 Å². The lowest BCUT2D eigenvalue weighted by atomic mass is 10.1. The predicted octanol–water partition coefficient (Wildman–Crippen LogP) is 1.24. The molecule has 2 aliphatic rings. The number of thioether (sulfide) groups is 1. The zero-order valence-corrected chi connectivity index (χ0v) is 12.1. The molecule has 2 saturated heterocycles. The summed E-state index contributed by atoms with van der Waals surface area (Å²) in [6.07, 6.45) is 2.37. The smallest absolute Gasteiger partial charge is 0.0149 e. The molecule has 0 aromatic rings. The fraction of sp³-hybridized carbons (Fsp3) is 1.00. The molecule has 2 fully saturated rings. The summed E-state index contributed by atoms with van der Waals surface area (Å²) in [6.45, 7) is 12.1. The van der Waals surface area contributed by atoms with Gasteiger partial charge in [0.1, 0.15) is 0 Å². The van der Waals surface area contributed by atoms with Crippen LogP contribution in [-0.2, 0) is 0 Å². The molecular weight excluding hydrogens is 230 g/mol. The second-order valence-corrected chi connectivity index (χ2v) is 7.58. The van der Waals surface area contributed by atoms with E-state index >= 15 is 0 Å². The SMILES string of the molecule is CC1CN(CCN2CCC(N)CC2)CC(C)S1. The molecule has 2 heterocycles. The fourth-order valence-electron chi connectivity index (χ4n) is 2.93. The van der Waals surface area contributed by atoms with E-state index in [2.05, 4.69) is 35.4 Å². The van der Waals surface area contributed by atoms with Crippen LogP contribution in [0, 0.1) is 0 Å². The molecule has 0 saturated carbocycles. The van der Waals surface area contributed by atoms with Crippen molar-refractivity contribution in [2.75, 3.05) is 39.3 Å². The average molecular weight is 257 g/mol. The van der Waals surface area contributed by atoms with Crippen LogP contribution in [0.1, 0.15) is 26.7 Å². The Morgan fingerprint density at radius 2 is 1.53 bits per heavy atom. The molecule has 0 aliphatic carbocycles. The van der Waals surface area contributed by atoms with Crippen LogP contribution in [0.2, 0.25) is 0 Å². The minimum Gasteiger partial charge on any atom is -0.328 e. The third kappa shape index (κ3) is 4.43. The lowest BCUT2D eigenvalue weighted by molar-refractivity contribution is 0.172. The first-order valence-electron chi connectivity index (χ1n) is 6.99. The second-order valence-electron chi connectivity index (χ2n) is 5.70. The van der Waals surface area contributed by atoms with E-state index in [1.807, 2.05) is 0 Å². The third-order valence-electron chi connectivity index (χ3n) is 3.86. The van der Waals surface area contributed by atoms with Crippen LogP contribution in [-0.4, -0.2) is 65.6 Å². The highest BCUT2D eigenvalue weighted by atomic mass is 32.2. The molecular formula is C13H27N3S. The molecule has 0 radical (unpaired) electrons. The average Bonchev–Trinajstić information content (AvgIpc) is 2.27. The molecule has 2 rings (SSSR count). The molecule has 2 aliphatic heterocycles. The number of piperidine rings is 1. The Bertz CT molecular complexity index is 219. The van der Waals surface area contributed by atoms with Crippen molar-refractivity contribution in [1.29, 1.82) is 0 Å². The van der Waals surface area contributed by atoms with E-state index in [0.717, 1.165) is 10.5 Å². The highest BCUT2D eigenvalue weighted by Crippen LogP contribution is 2.24. The van der Waals surface area contributed by atoms with E-state index in [1.165, 1.54) is 52.1 Å². The zero-order chi connectivity index (χ0) is 12.3. The lowest BCUT2D eigenvalue weighted by Crippen LogP contribution is -2.46. The molecule has 0 bridgehead atoms. The van der Waals surface area contributed by atoms with Gasteiger partial charge in [-0.2, -0.15) is 11.8 Å². The van der Waals surface area contributed by atoms with Gasteiger partial charge in [0.15, 0.2) is 0 Å². The number of hydrogen-bond donors (Lipinski definition) is 1. The van der Waals surface area contributed by atoms with Gasteiger partial charge in [0.2, 0.25) is 0 Å². The minimum absolute atomic E-state index is 0.456. The molecule has 0 aromatic heterocycles. The van der Waals surface area contributed by atoms with Gasteiger partial charge in [-0.05, 0) is 25.9 Å². The molecule has 2 unspecified atom stereocenters. The molecule has 17 heavy (non-hydrogen) atoms. The van der Waals surface area contributed by atoms with Crippen LogP contribution in [0.3, 0.4) is 0 Å². The van der Waals surface area contributed by atoms with E-state index in [0.29, 0.717) is 6.04 Å². The zero-order valence-electron chi connectivity index (χ0n) is 11.3. The second kappa shape index (κ2) is 6.41. The van der Waals surface area contributed by atoms with Crippen molar-refractivity contribution in [3.05, 3.63) is 0 Å². The van der Waals surface area contributed by atoms with Crippen molar-refractivity contribution >= 4 is 11.8 Å². The lowest BCUT2D eigenvalue weighted by Gasteiger charge is -2.37. The van der Waals surface area contributed by atoms with E-state index in [1.54, 1.807) is 0 Å². The van der Waals surface area contributed by atoms with Gasteiger partial charge in [-0.15, -0.1) is 0 Å². The van der Waals surface area contributed by atoms with Crippen molar-refractivity contribution in [3.8, 4) is 0 Å². The Balaban J connectivity index is 1.67. The largest absolute Gasteiger partial charge is 0.328 e. The summed E-state index contributed by atoms with van der Waals surface area (Å²) in [7, 11) is 0. The monoisotopic (exact) mass is 257 g/mol. The maximum Gasteiger partial charge on any atom is 0.0149 e. The normalized spacial score (nSPS) is 34.1. The van der Waals surface area contributed by atoms with E-state index in [9.17, 15) is 0 Å². The predicted molar refractivity (Wildman–Crippen MR) is 76.6 cm³/mol. The summed E-state index contributed by atoms with van der Waals surface area (Å²) < 4.78 is 0. The van der Waals surface area contributed by atoms with Gasteiger partial charge >= 0.3 is 0 Å². The Labute approximate surface area is 110 Å². The van der Waals surface area contributed by atoms with Gasteiger partial charge in [0.25, 0.3) is 0 Å². The van der Waals surface area contributed by atoms with Crippen LogP contribution in [0.15, 0.2) is 0 Å². The maximum absolute atomic E-state index is 5.93. The van der Waals surface area contributed by atoms with Crippen molar-refractivity contribution in [2.24, 2.45) is 5.73 Å². The standard InChI is InChI=1S/C13H27N3S/c1-11-9-16(10-12(2)17-11)8-7-15-5-3-13(14)4-6-15/h11-13H,3-10,14H2,1-2H3. The third-order valence-corrected chi connectivity index (χ3v) is 5.09. The fourth-order valence-corrected chi connectivity index (χ4v) is 4.31. The Morgan fingerprint density at radius 1 is 1.00 bits per heavy atom. The van der Waals surface area contributed by atoms with E-state index in [-0.39, 0.29) is 0 Å². The molecule has 0 amide bonds. The number of likely N-dealkylation sites (tertiary alicyclic amines) is 1. The van der Waals surface area contributed by atoms with Crippen molar-refractivity contribution in [3.63, 3.8) is 0 Å². The number of hydrogen-bond acceptors (Lipinski definition) is 4. The molecule has 2 N–H and O–H groups in total. The van der Waals surface area contributed by atoms with Gasteiger partial charge in [0.05, 0.1) is 0 Å². The first kappa shape index (κ1) is 13.7. The molecule has 100 valence electrons. The number of rotatable bonds is 3. The van der Waals surface area contributed by atoms with Gasteiger partial charge in [-0.3, -0.25) is 4.90 Å². The van der Waals surface area contributed by atoms with Gasteiger partial charge in [-0.1, -0.05) is 13.8 Å². The summed E-state index contributed by atoms with van der Waals surface area (Å²) in [5.74, 6) is 0. The molecule has 4 heteroatoms. The van der Waals surface area contributed by atoms with E-state index < -0.39 is 0 Å². The molecule has 3 nitrogen and oxygen atoms in total. The van der Waals surface area contributed by atoms with Crippen LogP contribution in [0.25, 0.3) is 0 Å². The quantitative estimate of drug-likeness (QED) is 0.824. The van der Waals surface area contributed by atoms with Gasteiger partial charge in [-0.25, -0.2) is 0 Å². The van der Waals surface area contributed by atoms with Gasteiger partial charge < -0.3 is 10.6 Å². The summed E-state index contributed by atoms with van der Waals surface area (Å²) in [4.78, 5) is 5.22.